The highest BCUT2D eigenvalue weighted by atomic mass is 32.2. The van der Waals surface area contributed by atoms with Gasteiger partial charge in [-0.1, -0.05) is 0 Å². The predicted octanol–water partition coefficient (Wildman–Crippen LogP) is 2.34. The van der Waals surface area contributed by atoms with E-state index >= 15 is 0 Å². The maximum Gasteiger partial charge on any atom is 0.178 e. The van der Waals surface area contributed by atoms with Crippen molar-refractivity contribution >= 4 is 23.4 Å². The van der Waals surface area contributed by atoms with E-state index in [9.17, 15) is 8.78 Å². The molecule has 4 nitrogen and oxygen atoms in total. The fraction of sp³-hybridized carbons (Fsp3) is 0.545. The monoisotopic (exact) mass is 274 g/mol. The molecule has 4 N–H and O–H groups in total. The highest BCUT2D eigenvalue weighted by molar-refractivity contribution is 7.99. The van der Waals surface area contributed by atoms with Crippen molar-refractivity contribution in [2.75, 3.05) is 17.0 Å². The molecule has 0 saturated heterocycles. The molecule has 1 fully saturated rings. The van der Waals surface area contributed by atoms with Crippen LogP contribution in [0, 0.1) is 11.6 Å². The Labute approximate surface area is 109 Å². The Kier molecular flexibility index (Phi) is 4.23. The number of rotatable bonds is 4. The molecule has 0 radical (unpaired) electrons. The molecule has 1 aromatic heterocycles. The van der Waals surface area contributed by atoms with Gasteiger partial charge in [-0.25, -0.2) is 19.6 Å². The first-order valence-corrected chi connectivity index (χ1v) is 7.04. The van der Waals surface area contributed by atoms with Crippen LogP contribution in [-0.4, -0.2) is 22.5 Å². The van der Waals surface area contributed by atoms with Crippen molar-refractivity contribution in [3.8, 4) is 0 Å². The lowest BCUT2D eigenvalue weighted by Gasteiger charge is -2.15. The van der Waals surface area contributed by atoms with Crippen molar-refractivity contribution in [1.29, 1.82) is 0 Å². The molecule has 1 heterocycles. The zero-order valence-electron chi connectivity index (χ0n) is 10.0. The molecule has 1 aromatic rings. The van der Waals surface area contributed by atoms with Gasteiger partial charge in [-0.05, 0) is 25.5 Å². The standard InChI is InChI=1S/C11H16F2N4S/c1-18-7-3-2-6(4-7)15-10-8(12)5-9(13)11(16-10)17-14/h5-7H,2-4,14H2,1H3,(H2,15,16,17). The van der Waals surface area contributed by atoms with E-state index < -0.39 is 11.6 Å². The quantitative estimate of drug-likeness (QED) is 0.581. The Balaban J connectivity index is 2.09. The van der Waals surface area contributed by atoms with E-state index in [2.05, 4.69) is 22.0 Å². The van der Waals surface area contributed by atoms with Crippen molar-refractivity contribution in [2.45, 2.75) is 30.6 Å². The summed E-state index contributed by atoms with van der Waals surface area (Å²) in [5.74, 6) is 3.52. The smallest absolute Gasteiger partial charge is 0.178 e. The molecule has 0 spiro atoms. The molecular formula is C11H16F2N4S. The van der Waals surface area contributed by atoms with Crippen LogP contribution in [-0.2, 0) is 0 Å². The van der Waals surface area contributed by atoms with Crippen LogP contribution in [0.1, 0.15) is 19.3 Å². The van der Waals surface area contributed by atoms with Crippen LogP contribution in [0.25, 0.3) is 0 Å². The summed E-state index contributed by atoms with van der Waals surface area (Å²) in [5, 5.41) is 3.61. The van der Waals surface area contributed by atoms with Crippen molar-refractivity contribution in [3.05, 3.63) is 17.7 Å². The van der Waals surface area contributed by atoms with E-state index in [1.807, 2.05) is 11.8 Å². The molecule has 0 amide bonds. The summed E-state index contributed by atoms with van der Waals surface area (Å²) in [6, 6.07) is 0.964. The Morgan fingerprint density at radius 2 is 2.06 bits per heavy atom. The minimum Gasteiger partial charge on any atom is -0.365 e. The third-order valence-corrected chi connectivity index (χ3v) is 4.22. The van der Waals surface area contributed by atoms with Gasteiger partial charge in [0.25, 0.3) is 0 Å². The molecule has 2 rings (SSSR count). The number of nitrogens with two attached hydrogens (primary N) is 1. The van der Waals surface area contributed by atoms with Crippen LogP contribution in [0.2, 0.25) is 0 Å². The summed E-state index contributed by atoms with van der Waals surface area (Å²) in [7, 11) is 0. The van der Waals surface area contributed by atoms with Gasteiger partial charge in [-0.15, -0.1) is 0 Å². The second-order valence-electron chi connectivity index (χ2n) is 4.31. The van der Waals surface area contributed by atoms with Crippen LogP contribution in [0.5, 0.6) is 0 Å². The minimum atomic E-state index is -0.797. The van der Waals surface area contributed by atoms with Gasteiger partial charge in [0.15, 0.2) is 23.3 Å². The fourth-order valence-corrected chi connectivity index (χ4v) is 2.94. The number of nitrogens with zero attached hydrogens (tertiary/aromatic N) is 1. The summed E-state index contributed by atoms with van der Waals surface area (Å²) in [5.41, 5.74) is 2.11. The van der Waals surface area contributed by atoms with Crippen molar-refractivity contribution < 1.29 is 8.78 Å². The second kappa shape index (κ2) is 5.71. The number of nitrogen functional groups attached to an aromatic ring is 1. The molecular weight excluding hydrogens is 258 g/mol. The van der Waals surface area contributed by atoms with Crippen LogP contribution >= 0.6 is 11.8 Å². The molecule has 0 bridgehead atoms. The lowest BCUT2D eigenvalue weighted by Crippen LogP contribution is -2.19. The fourth-order valence-electron chi connectivity index (χ4n) is 2.15. The SMILES string of the molecule is CSC1CCC(Nc2nc(NN)c(F)cc2F)C1. The molecule has 7 heteroatoms. The van der Waals surface area contributed by atoms with E-state index in [0.717, 1.165) is 25.3 Å². The van der Waals surface area contributed by atoms with E-state index in [-0.39, 0.29) is 17.7 Å². The third kappa shape index (κ3) is 2.84. The number of hydrazine groups is 1. The number of aromatic nitrogens is 1. The number of halogens is 2. The van der Waals surface area contributed by atoms with Gasteiger partial charge < -0.3 is 10.7 Å². The minimum absolute atomic E-state index is 0.0519. The molecule has 1 aliphatic rings. The number of hydrogen-bond acceptors (Lipinski definition) is 5. The Hall–Kier alpha value is -1.08. The lowest BCUT2D eigenvalue weighted by molar-refractivity contribution is 0.575. The second-order valence-corrected chi connectivity index (χ2v) is 5.44. The van der Waals surface area contributed by atoms with Gasteiger partial charge in [0.2, 0.25) is 0 Å². The van der Waals surface area contributed by atoms with Crippen molar-refractivity contribution in [1.82, 2.24) is 4.98 Å². The summed E-state index contributed by atoms with van der Waals surface area (Å²) in [6.45, 7) is 0. The molecule has 2 atom stereocenters. The Morgan fingerprint density at radius 3 is 2.67 bits per heavy atom. The first-order chi connectivity index (χ1) is 8.63. The number of anilines is 2. The maximum absolute atomic E-state index is 13.6. The normalized spacial score (nSPS) is 23.1. The predicted molar refractivity (Wildman–Crippen MR) is 70.5 cm³/mol. The lowest BCUT2D eigenvalue weighted by atomic mass is 10.2. The van der Waals surface area contributed by atoms with E-state index in [1.165, 1.54) is 0 Å². The van der Waals surface area contributed by atoms with Gasteiger partial charge in [-0.2, -0.15) is 11.8 Å². The van der Waals surface area contributed by atoms with Gasteiger partial charge in [0.1, 0.15) is 0 Å². The maximum atomic E-state index is 13.6. The summed E-state index contributed by atoms with van der Waals surface area (Å²) in [4.78, 5) is 3.80. The number of nitrogens with one attached hydrogen (secondary N) is 2. The van der Waals surface area contributed by atoms with Crippen LogP contribution < -0.4 is 16.6 Å². The molecule has 2 unspecified atom stereocenters. The number of pyridine rings is 1. The average molecular weight is 274 g/mol. The van der Waals surface area contributed by atoms with Gasteiger partial charge in [0.05, 0.1) is 0 Å². The molecule has 0 aromatic carbocycles. The zero-order chi connectivity index (χ0) is 13.1. The first kappa shape index (κ1) is 13.4. The van der Waals surface area contributed by atoms with Gasteiger partial charge in [-0.3, -0.25) is 0 Å². The summed E-state index contributed by atoms with van der Waals surface area (Å²) >= 11 is 1.81. The molecule has 1 saturated carbocycles. The number of thioether (sulfide) groups is 1. The zero-order valence-corrected chi connectivity index (χ0v) is 10.9. The van der Waals surface area contributed by atoms with Crippen LogP contribution in [0.4, 0.5) is 20.4 Å². The van der Waals surface area contributed by atoms with Crippen LogP contribution in [0.3, 0.4) is 0 Å². The van der Waals surface area contributed by atoms with Crippen molar-refractivity contribution in [2.24, 2.45) is 5.84 Å². The van der Waals surface area contributed by atoms with E-state index in [0.29, 0.717) is 5.25 Å². The third-order valence-electron chi connectivity index (χ3n) is 3.12. The Morgan fingerprint density at radius 1 is 1.33 bits per heavy atom. The average Bonchev–Trinajstić information content (AvgIpc) is 2.80. The largest absolute Gasteiger partial charge is 0.365 e. The summed E-state index contributed by atoms with van der Waals surface area (Å²) < 4.78 is 26.7. The van der Waals surface area contributed by atoms with Crippen LogP contribution in [0.15, 0.2) is 6.07 Å². The van der Waals surface area contributed by atoms with Gasteiger partial charge >= 0.3 is 0 Å². The first-order valence-electron chi connectivity index (χ1n) is 5.76. The Bertz CT molecular complexity index is 430. The highest BCUT2D eigenvalue weighted by Crippen LogP contribution is 2.30. The summed E-state index contributed by atoms with van der Waals surface area (Å²) in [6.07, 6.45) is 5.10. The van der Waals surface area contributed by atoms with Crippen molar-refractivity contribution in [3.63, 3.8) is 0 Å². The van der Waals surface area contributed by atoms with E-state index in [1.54, 1.807) is 0 Å². The van der Waals surface area contributed by atoms with E-state index in [4.69, 9.17) is 5.84 Å². The molecule has 0 aliphatic heterocycles. The molecule has 18 heavy (non-hydrogen) atoms. The topological polar surface area (TPSA) is 63.0 Å². The highest BCUT2D eigenvalue weighted by Gasteiger charge is 2.25. The molecule has 1 aliphatic carbocycles. The number of hydrogen-bond donors (Lipinski definition) is 3. The van der Waals surface area contributed by atoms with Gasteiger partial charge in [0, 0.05) is 17.4 Å². The molecule has 100 valence electrons.